The summed E-state index contributed by atoms with van der Waals surface area (Å²) in [5.74, 6) is 0.754. The van der Waals surface area contributed by atoms with E-state index >= 15 is 0 Å². The van der Waals surface area contributed by atoms with Crippen LogP contribution in [0, 0.1) is 0 Å². The second-order valence-electron chi connectivity index (χ2n) is 3.58. The molecule has 0 saturated heterocycles. The van der Waals surface area contributed by atoms with Crippen molar-refractivity contribution in [2.45, 2.75) is 4.90 Å². The van der Waals surface area contributed by atoms with E-state index in [1.807, 2.05) is 0 Å². The van der Waals surface area contributed by atoms with Gasteiger partial charge in [-0.3, -0.25) is 0 Å². The van der Waals surface area contributed by atoms with Crippen molar-refractivity contribution >= 4 is 58.9 Å². The molecule has 0 aliphatic heterocycles. The maximum atomic E-state index is 11.2. The number of ether oxygens (including phenoxy) is 1. The van der Waals surface area contributed by atoms with Gasteiger partial charge in [-0.15, -0.1) is 0 Å². The minimum Gasteiger partial charge on any atom is -0.456 e. The molecule has 20 heavy (non-hydrogen) atoms. The number of rotatable bonds is 3. The summed E-state index contributed by atoms with van der Waals surface area (Å²) in [6.45, 7) is 0. The molecular formula is C11H5BrCl3NO3S. The van der Waals surface area contributed by atoms with Gasteiger partial charge in [0.25, 0.3) is 9.05 Å². The normalized spacial score (nSPS) is 11.4. The maximum Gasteiger partial charge on any atom is 0.261 e. The first-order valence-corrected chi connectivity index (χ1v) is 8.87. The molecule has 1 aromatic carbocycles. The molecule has 4 nitrogen and oxygen atoms in total. The molecule has 0 atom stereocenters. The van der Waals surface area contributed by atoms with E-state index in [-0.39, 0.29) is 15.2 Å². The first kappa shape index (κ1) is 15.9. The molecule has 0 unspecified atom stereocenters. The molecule has 0 N–H and O–H groups in total. The van der Waals surface area contributed by atoms with Gasteiger partial charge in [0.15, 0.2) is 0 Å². The Morgan fingerprint density at radius 2 is 1.70 bits per heavy atom. The standard InChI is InChI=1S/C11H5BrCl3NO3S/c12-8-5-7(20(15,17)18)1-2-9(8)19-6-3-10(13)16-11(14)4-6/h1-5H. The summed E-state index contributed by atoms with van der Waals surface area (Å²) in [4.78, 5) is 3.75. The third-order valence-corrected chi connectivity index (χ3v) is 4.51. The maximum absolute atomic E-state index is 11.2. The summed E-state index contributed by atoms with van der Waals surface area (Å²) in [7, 11) is 1.46. The average Bonchev–Trinajstić information content (AvgIpc) is 2.29. The quantitative estimate of drug-likeness (QED) is 0.528. The highest BCUT2D eigenvalue weighted by molar-refractivity contribution is 9.10. The predicted octanol–water partition coefficient (Wildman–Crippen LogP) is 4.87. The van der Waals surface area contributed by atoms with E-state index in [9.17, 15) is 8.42 Å². The summed E-state index contributed by atoms with van der Waals surface area (Å²) in [6.07, 6.45) is 0. The van der Waals surface area contributed by atoms with Crippen molar-refractivity contribution in [2.24, 2.45) is 0 Å². The average molecular weight is 417 g/mol. The van der Waals surface area contributed by atoms with Crippen LogP contribution in [0.25, 0.3) is 0 Å². The molecule has 0 fully saturated rings. The summed E-state index contributed by atoms with van der Waals surface area (Å²) in [5.41, 5.74) is 0. The molecule has 0 aliphatic rings. The van der Waals surface area contributed by atoms with Crippen molar-refractivity contribution < 1.29 is 13.2 Å². The highest BCUT2D eigenvalue weighted by Gasteiger charge is 2.13. The van der Waals surface area contributed by atoms with Gasteiger partial charge in [0.05, 0.1) is 9.37 Å². The zero-order chi connectivity index (χ0) is 14.9. The van der Waals surface area contributed by atoms with Crippen LogP contribution in [0.15, 0.2) is 39.7 Å². The van der Waals surface area contributed by atoms with E-state index in [4.69, 9.17) is 38.6 Å². The van der Waals surface area contributed by atoms with Crippen LogP contribution < -0.4 is 4.74 Å². The molecule has 2 aromatic rings. The highest BCUT2D eigenvalue weighted by Crippen LogP contribution is 2.33. The number of nitrogens with zero attached hydrogens (tertiary/aromatic N) is 1. The van der Waals surface area contributed by atoms with E-state index in [2.05, 4.69) is 20.9 Å². The monoisotopic (exact) mass is 415 g/mol. The van der Waals surface area contributed by atoms with Crippen LogP contribution in [0.5, 0.6) is 11.5 Å². The number of aromatic nitrogens is 1. The first-order chi connectivity index (χ1) is 9.25. The van der Waals surface area contributed by atoms with Crippen LogP contribution in [0.2, 0.25) is 10.3 Å². The van der Waals surface area contributed by atoms with E-state index in [0.717, 1.165) is 0 Å². The van der Waals surface area contributed by atoms with E-state index in [0.29, 0.717) is 16.0 Å². The first-order valence-electron chi connectivity index (χ1n) is 5.01. The van der Waals surface area contributed by atoms with E-state index in [1.165, 1.54) is 30.3 Å². The largest absolute Gasteiger partial charge is 0.456 e. The van der Waals surface area contributed by atoms with Crippen LogP contribution in [-0.2, 0) is 9.05 Å². The minimum absolute atomic E-state index is 0.0378. The third-order valence-electron chi connectivity index (χ3n) is 2.15. The molecule has 0 aliphatic carbocycles. The molecule has 1 aromatic heterocycles. The van der Waals surface area contributed by atoms with Gasteiger partial charge in [-0.25, -0.2) is 13.4 Å². The molecule has 0 bridgehead atoms. The fourth-order valence-corrected chi connectivity index (χ4v) is 3.17. The summed E-state index contributed by atoms with van der Waals surface area (Å²) in [5, 5.41) is 0.368. The molecule has 0 saturated carbocycles. The van der Waals surface area contributed by atoms with Gasteiger partial charge < -0.3 is 4.74 Å². The Bertz CT molecular complexity index is 747. The van der Waals surface area contributed by atoms with Crippen molar-refractivity contribution in [1.82, 2.24) is 4.98 Å². The number of benzene rings is 1. The van der Waals surface area contributed by atoms with Crippen LogP contribution in [0.3, 0.4) is 0 Å². The second kappa shape index (κ2) is 6.07. The highest BCUT2D eigenvalue weighted by atomic mass is 79.9. The Labute approximate surface area is 138 Å². The lowest BCUT2D eigenvalue weighted by molar-refractivity contribution is 0.478. The Morgan fingerprint density at radius 1 is 1.10 bits per heavy atom. The van der Waals surface area contributed by atoms with Gasteiger partial charge in [0, 0.05) is 22.8 Å². The summed E-state index contributed by atoms with van der Waals surface area (Å²) >= 11 is 14.7. The van der Waals surface area contributed by atoms with Crippen LogP contribution in [-0.4, -0.2) is 13.4 Å². The fourth-order valence-electron chi connectivity index (χ4n) is 1.34. The molecule has 0 radical (unpaired) electrons. The number of halogens is 4. The third kappa shape index (κ3) is 3.99. The van der Waals surface area contributed by atoms with Crippen LogP contribution in [0.4, 0.5) is 0 Å². The number of hydrogen-bond acceptors (Lipinski definition) is 4. The Balaban J connectivity index is 2.35. The summed E-state index contributed by atoms with van der Waals surface area (Å²) < 4.78 is 28.4. The molecule has 9 heteroatoms. The Hall–Kier alpha value is -0.530. The molecule has 1 heterocycles. The lowest BCUT2D eigenvalue weighted by Gasteiger charge is -2.09. The minimum atomic E-state index is -3.79. The topological polar surface area (TPSA) is 56.3 Å². The predicted molar refractivity (Wildman–Crippen MR) is 81.5 cm³/mol. The smallest absolute Gasteiger partial charge is 0.261 e. The van der Waals surface area contributed by atoms with Crippen molar-refractivity contribution in [2.75, 3.05) is 0 Å². The fraction of sp³-hybridized carbons (Fsp3) is 0. The molecular weight excluding hydrogens is 412 g/mol. The Morgan fingerprint density at radius 3 is 2.20 bits per heavy atom. The summed E-state index contributed by atoms with van der Waals surface area (Å²) in [6, 6.07) is 7.08. The van der Waals surface area contributed by atoms with Gasteiger partial charge in [-0.2, -0.15) is 0 Å². The molecule has 0 amide bonds. The van der Waals surface area contributed by atoms with Gasteiger partial charge in [0.2, 0.25) is 0 Å². The number of pyridine rings is 1. The lowest BCUT2D eigenvalue weighted by Crippen LogP contribution is -1.92. The van der Waals surface area contributed by atoms with Crippen molar-refractivity contribution in [3.63, 3.8) is 0 Å². The number of hydrogen-bond donors (Lipinski definition) is 0. The van der Waals surface area contributed by atoms with Crippen molar-refractivity contribution in [3.05, 3.63) is 45.1 Å². The van der Waals surface area contributed by atoms with Crippen LogP contribution >= 0.6 is 49.8 Å². The van der Waals surface area contributed by atoms with Gasteiger partial charge in [0.1, 0.15) is 21.8 Å². The SMILES string of the molecule is O=S(=O)(Cl)c1ccc(Oc2cc(Cl)nc(Cl)c2)c(Br)c1. The van der Waals surface area contributed by atoms with E-state index < -0.39 is 9.05 Å². The van der Waals surface area contributed by atoms with Crippen LogP contribution in [0.1, 0.15) is 0 Å². The van der Waals surface area contributed by atoms with E-state index in [1.54, 1.807) is 0 Å². The van der Waals surface area contributed by atoms with Gasteiger partial charge in [-0.05, 0) is 34.1 Å². The van der Waals surface area contributed by atoms with Crippen molar-refractivity contribution in [1.29, 1.82) is 0 Å². The molecule has 106 valence electrons. The second-order valence-corrected chi connectivity index (χ2v) is 7.78. The zero-order valence-corrected chi connectivity index (χ0v) is 14.1. The zero-order valence-electron chi connectivity index (χ0n) is 9.48. The molecule has 2 rings (SSSR count). The van der Waals surface area contributed by atoms with Crippen molar-refractivity contribution in [3.8, 4) is 11.5 Å². The molecule has 0 spiro atoms. The van der Waals surface area contributed by atoms with Gasteiger partial charge >= 0.3 is 0 Å². The van der Waals surface area contributed by atoms with Gasteiger partial charge in [-0.1, -0.05) is 23.2 Å². The Kier molecular flexibility index (Phi) is 4.81. The lowest BCUT2D eigenvalue weighted by atomic mass is 10.3.